The number of thiophene rings is 2. The first kappa shape index (κ1) is 15.0. The van der Waals surface area contributed by atoms with Crippen molar-refractivity contribution in [1.82, 2.24) is 9.88 Å². The standard InChI is InChI=1S/C15H15BrN2OS2/c1-10-12(17-15(19-10)13-4-3-7-20-13)9-18(2)8-11-5-6-14(16)21-11/h3-7H,8-9H2,1-2H3. The zero-order chi connectivity index (χ0) is 14.8. The molecule has 0 spiro atoms. The molecule has 110 valence electrons. The average Bonchev–Trinajstić information content (AvgIpc) is 3.13. The van der Waals surface area contributed by atoms with Gasteiger partial charge in [-0.2, -0.15) is 0 Å². The van der Waals surface area contributed by atoms with Gasteiger partial charge in [0.05, 0.1) is 14.4 Å². The van der Waals surface area contributed by atoms with Crippen LogP contribution in [0.1, 0.15) is 16.3 Å². The molecule has 0 amide bonds. The highest BCUT2D eigenvalue weighted by Crippen LogP contribution is 2.27. The molecular formula is C15H15BrN2OS2. The summed E-state index contributed by atoms with van der Waals surface area (Å²) in [4.78, 5) is 9.30. The van der Waals surface area contributed by atoms with Crippen LogP contribution in [0.15, 0.2) is 37.8 Å². The van der Waals surface area contributed by atoms with E-state index in [4.69, 9.17) is 4.42 Å². The molecule has 3 aromatic rings. The van der Waals surface area contributed by atoms with Gasteiger partial charge in [-0.15, -0.1) is 22.7 Å². The van der Waals surface area contributed by atoms with Crippen molar-refractivity contribution < 1.29 is 4.42 Å². The van der Waals surface area contributed by atoms with Crippen LogP contribution in [0.3, 0.4) is 0 Å². The van der Waals surface area contributed by atoms with Gasteiger partial charge < -0.3 is 4.42 Å². The molecule has 0 bridgehead atoms. The zero-order valence-corrected chi connectivity index (χ0v) is 15.0. The van der Waals surface area contributed by atoms with E-state index in [9.17, 15) is 0 Å². The summed E-state index contributed by atoms with van der Waals surface area (Å²) in [7, 11) is 2.10. The topological polar surface area (TPSA) is 29.3 Å². The van der Waals surface area contributed by atoms with Crippen LogP contribution in [-0.4, -0.2) is 16.9 Å². The first-order chi connectivity index (χ1) is 10.1. The Morgan fingerprint density at radius 3 is 2.81 bits per heavy atom. The second-order valence-corrected chi connectivity index (χ2v) is 8.37. The summed E-state index contributed by atoms with van der Waals surface area (Å²) in [5.41, 5.74) is 1.01. The van der Waals surface area contributed by atoms with Gasteiger partial charge in [-0.3, -0.25) is 4.90 Å². The maximum Gasteiger partial charge on any atom is 0.236 e. The fraction of sp³-hybridized carbons (Fsp3) is 0.267. The highest BCUT2D eigenvalue weighted by molar-refractivity contribution is 9.11. The van der Waals surface area contributed by atoms with Crippen LogP contribution in [0.5, 0.6) is 0 Å². The first-order valence-electron chi connectivity index (χ1n) is 6.55. The van der Waals surface area contributed by atoms with Crippen molar-refractivity contribution in [2.45, 2.75) is 20.0 Å². The highest BCUT2D eigenvalue weighted by Gasteiger charge is 2.14. The van der Waals surface area contributed by atoms with Gasteiger partial charge in [0.2, 0.25) is 5.89 Å². The van der Waals surface area contributed by atoms with Crippen LogP contribution in [0, 0.1) is 6.92 Å². The Bertz CT molecular complexity index is 718. The number of hydrogen-bond acceptors (Lipinski definition) is 5. The maximum atomic E-state index is 5.78. The van der Waals surface area contributed by atoms with E-state index < -0.39 is 0 Å². The Hall–Kier alpha value is -0.950. The van der Waals surface area contributed by atoms with Gasteiger partial charge in [-0.05, 0) is 53.5 Å². The first-order valence-corrected chi connectivity index (χ1v) is 9.03. The Balaban J connectivity index is 1.70. The molecule has 0 fully saturated rings. The summed E-state index contributed by atoms with van der Waals surface area (Å²) in [5, 5.41) is 2.04. The SMILES string of the molecule is Cc1oc(-c2cccs2)nc1CN(C)Cc1ccc(Br)s1. The number of oxazole rings is 1. The fourth-order valence-corrected chi connectivity index (χ4v) is 4.31. The van der Waals surface area contributed by atoms with Gasteiger partial charge >= 0.3 is 0 Å². The lowest BCUT2D eigenvalue weighted by Gasteiger charge is -2.13. The van der Waals surface area contributed by atoms with Crippen LogP contribution in [-0.2, 0) is 13.1 Å². The lowest BCUT2D eigenvalue weighted by atomic mass is 10.3. The van der Waals surface area contributed by atoms with E-state index in [1.807, 2.05) is 24.4 Å². The minimum Gasteiger partial charge on any atom is -0.440 e. The summed E-state index contributed by atoms with van der Waals surface area (Å²) < 4.78 is 6.95. The second kappa shape index (κ2) is 6.44. The molecule has 0 aromatic carbocycles. The van der Waals surface area contributed by atoms with Gasteiger partial charge in [0.15, 0.2) is 0 Å². The van der Waals surface area contributed by atoms with Crippen molar-refractivity contribution in [1.29, 1.82) is 0 Å². The second-order valence-electron chi connectivity index (χ2n) is 4.88. The largest absolute Gasteiger partial charge is 0.440 e. The minimum absolute atomic E-state index is 0.727. The van der Waals surface area contributed by atoms with Gasteiger partial charge in [0, 0.05) is 18.0 Å². The number of aromatic nitrogens is 1. The van der Waals surface area contributed by atoms with Crippen molar-refractivity contribution in [2.24, 2.45) is 0 Å². The normalized spacial score (nSPS) is 11.4. The summed E-state index contributed by atoms with van der Waals surface area (Å²) in [5.74, 6) is 1.63. The summed E-state index contributed by atoms with van der Waals surface area (Å²) in [6.07, 6.45) is 0. The van der Waals surface area contributed by atoms with Crippen molar-refractivity contribution in [3.05, 3.63) is 49.8 Å². The van der Waals surface area contributed by atoms with Crippen LogP contribution in [0.2, 0.25) is 0 Å². The van der Waals surface area contributed by atoms with Crippen LogP contribution >= 0.6 is 38.6 Å². The summed E-state index contributed by atoms with van der Waals surface area (Å²) in [6.45, 7) is 3.68. The van der Waals surface area contributed by atoms with E-state index in [1.54, 1.807) is 22.7 Å². The van der Waals surface area contributed by atoms with Crippen LogP contribution in [0.25, 0.3) is 10.8 Å². The molecule has 0 aliphatic heterocycles. The van der Waals surface area contributed by atoms with Gasteiger partial charge in [-0.25, -0.2) is 4.98 Å². The molecule has 3 rings (SSSR count). The molecule has 0 N–H and O–H groups in total. The third-order valence-electron chi connectivity index (χ3n) is 3.10. The third-order valence-corrected chi connectivity index (χ3v) is 5.57. The number of nitrogens with zero attached hydrogens (tertiary/aromatic N) is 2. The average molecular weight is 383 g/mol. The Morgan fingerprint density at radius 2 is 2.14 bits per heavy atom. The molecule has 0 saturated heterocycles. The van der Waals surface area contributed by atoms with E-state index in [-0.39, 0.29) is 0 Å². The van der Waals surface area contributed by atoms with E-state index in [2.05, 4.69) is 45.0 Å². The molecule has 0 saturated carbocycles. The molecule has 0 unspecified atom stereocenters. The molecule has 21 heavy (non-hydrogen) atoms. The van der Waals surface area contributed by atoms with Gasteiger partial charge in [-0.1, -0.05) is 6.07 Å². The molecule has 6 heteroatoms. The number of rotatable bonds is 5. The summed E-state index contributed by atoms with van der Waals surface area (Å²) >= 11 is 6.92. The van der Waals surface area contributed by atoms with Crippen molar-refractivity contribution in [2.75, 3.05) is 7.05 Å². The predicted molar refractivity (Wildman–Crippen MR) is 91.7 cm³/mol. The molecule has 3 heterocycles. The highest BCUT2D eigenvalue weighted by atomic mass is 79.9. The lowest BCUT2D eigenvalue weighted by Crippen LogP contribution is -2.17. The smallest absolute Gasteiger partial charge is 0.236 e. The maximum absolute atomic E-state index is 5.78. The predicted octanol–water partition coefficient (Wildman–Crippen LogP) is 5.17. The molecule has 3 aromatic heterocycles. The van der Waals surface area contributed by atoms with E-state index >= 15 is 0 Å². The Kier molecular flexibility index (Phi) is 4.59. The van der Waals surface area contributed by atoms with Crippen LogP contribution in [0.4, 0.5) is 0 Å². The molecule has 0 aliphatic carbocycles. The van der Waals surface area contributed by atoms with E-state index in [1.165, 1.54) is 8.66 Å². The fourth-order valence-electron chi connectivity index (χ4n) is 2.09. The molecule has 0 radical (unpaired) electrons. The quantitative estimate of drug-likeness (QED) is 0.609. The van der Waals surface area contributed by atoms with Crippen molar-refractivity contribution >= 4 is 38.6 Å². The lowest BCUT2D eigenvalue weighted by molar-refractivity contribution is 0.316. The van der Waals surface area contributed by atoms with Crippen molar-refractivity contribution in [3.8, 4) is 10.8 Å². The third kappa shape index (κ3) is 3.63. The minimum atomic E-state index is 0.727. The molecular weight excluding hydrogens is 368 g/mol. The Labute approximate surface area is 140 Å². The monoisotopic (exact) mass is 382 g/mol. The molecule has 3 nitrogen and oxygen atoms in total. The number of hydrogen-bond donors (Lipinski definition) is 0. The number of halogens is 1. The molecule has 0 atom stereocenters. The van der Waals surface area contributed by atoms with Gasteiger partial charge in [0.25, 0.3) is 0 Å². The summed E-state index contributed by atoms with van der Waals surface area (Å²) in [6, 6.07) is 8.29. The van der Waals surface area contributed by atoms with E-state index in [0.29, 0.717) is 0 Å². The Morgan fingerprint density at radius 1 is 1.29 bits per heavy atom. The van der Waals surface area contributed by atoms with Crippen molar-refractivity contribution in [3.63, 3.8) is 0 Å². The van der Waals surface area contributed by atoms with Gasteiger partial charge in [0.1, 0.15) is 5.76 Å². The molecule has 0 aliphatic rings. The van der Waals surface area contributed by atoms with Crippen LogP contribution < -0.4 is 0 Å². The zero-order valence-electron chi connectivity index (χ0n) is 11.8. The van der Waals surface area contributed by atoms with E-state index in [0.717, 1.165) is 35.3 Å². The number of aryl methyl sites for hydroxylation is 1.